The first-order valence-corrected chi connectivity index (χ1v) is 7.06. The Bertz CT molecular complexity index is 702. The lowest BCUT2D eigenvalue weighted by atomic mass is 10.2. The Kier molecular flexibility index (Phi) is 5.07. The van der Waals surface area contributed by atoms with E-state index in [-0.39, 0.29) is 23.2 Å². The van der Waals surface area contributed by atoms with Crippen LogP contribution in [0.5, 0.6) is 0 Å². The van der Waals surface area contributed by atoms with E-state index in [4.69, 9.17) is 11.5 Å². The zero-order valence-corrected chi connectivity index (χ0v) is 12.9. The largest absolute Gasteiger partial charge is 0.366 e. The van der Waals surface area contributed by atoms with E-state index < -0.39 is 11.7 Å². The summed E-state index contributed by atoms with van der Waals surface area (Å²) in [6.07, 6.45) is 1.58. The van der Waals surface area contributed by atoms with E-state index in [0.717, 1.165) is 11.8 Å². The highest BCUT2D eigenvalue weighted by atomic mass is 19.1. The molecule has 0 radical (unpaired) electrons. The third-order valence-corrected chi connectivity index (χ3v) is 3.01. The first-order chi connectivity index (χ1) is 10.9. The van der Waals surface area contributed by atoms with Crippen molar-refractivity contribution in [2.45, 2.75) is 19.9 Å². The molecule has 1 amide bonds. The van der Waals surface area contributed by atoms with E-state index in [2.05, 4.69) is 20.6 Å². The summed E-state index contributed by atoms with van der Waals surface area (Å²) in [5.41, 5.74) is 12.3. The van der Waals surface area contributed by atoms with Gasteiger partial charge in [0, 0.05) is 18.3 Å². The van der Waals surface area contributed by atoms with Crippen LogP contribution < -0.4 is 22.1 Å². The molecule has 122 valence electrons. The number of hydrogen-bond donors (Lipinski definition) is 4. The average Bonchev–Trinajstić information content (AvgIpc) is 2.49. The number of rotatable bonds is 6. The highest BCUT2D eigenvalue weighted by Crippen LogP contribution is 2.23. The summed E-state index contributed by atoms with van der Waals surface area (Å²) in [6.45, 7) is 3.97. The van der Waals surface area contributed by atoms with Gasteiger partial charge in [-0.15, -0.1) is 0 Å². The molecule has 0 aliphatic heterocycles. The van der Waals surface area contributed by atoms with Gasteiger partial charge >= 0.3 is 0 Å². The van der Waals surface area contributed by atoms with E-state index in [1.807, 2.05) is 6.92 Å². The van der Waals surface area contributed by atoms with E-state index >= 15 is 0 Å². The topological polar surface area (TPSA) is 119 Å². The van der Waals surface area contributed by atoms with Crippen molar-refractivity contribution in [1.82, 2.24) is 9.97 Å². The summed E-state index contributed by atoms with van der Waals surface area (Å²) in [4.78, 5) is 19.8. The minimum Gasteiger partial charge on any atom is -0.366 e. The second kappa shape index (κ2) is 7.01. The van der Waals surface area contributed by atoms with Gasteiger partial charge < -0.3 is 22.1 Å². The number of amides is 1. The summed E-state index contributed by atoms with van der Waals surface area (Å²) >= 11 is 0. The van der Waals surface area contributed by atoms with Crippen molar-refractivity contribution in [2.24, 2.45) is 11.5 Å². The maximum Gasteiger partial charge on any atom is 0.252 e. The molecule has 0 saturated heterocycles. The maximum absolute atomic E-state index is 14.0. The van der Waals surface area contributed by atoms with Crippen LogP contribution >= 0.6 is 0 Å². The minimum atomic E-state index is -0.780. The van der Waals surface area contributed by atoms with Gasteiger partial charge in [0.15, 0.2) is 11.6 Å². The molecule has 0 spiro atoms. The van der Waals surface area contributed by atoms with E-state index in [9.17, 15) is 9.18 Å². The fraction of sp³-hybridized carbons (Fsp3) is 0.267. The van der Waals surface area contributed by atoms with E-state index in [1.165, 1.54) is 0 Å². The standard InChI is InChI=1S/C15H19FN6O/c1-8(17)6-20-15-12(16)5-11(13(18)23)14(22-15)21-10-4-3-9(2)19-7-10/h3-5,7-8H,6,17H2,1-2H3,(H2,18,23)(H2,20,21,22). The zero-order valence-electron chi connectivity index (χ0n) is 12.9. The fourth-order valence-electron chi connectivity index (χ4n) is 1.83. The van der Waals surface area contributed by atoms with Crippen LogP contribution in [0.15, 0.2) is 24.4 Å². The third-order valence-electron chi connectivity index (χ3n) is 3.01. The van der Waals surface area contributed by atoms with Gasteiger partial charge in [0.1, 0.15) is 5.82 Å². The number of aromatic nitrogens is 2. The van der Waals surface area contributed by atoms with E-state index in [0.29, 0.717) is 12.2 Å². The number of carbonyl (C=O) groups excluding carboxylic acids is 1. The summed E-state index contributed by atoms with van der Waals surface area (Å²) in [5, 5.41) is 5.72. The predicted octanol–water partition coefficient (Wildman–Crippen LogP) is 1.53. The number of pyridine rings is 2. The molecular weight excluding hydrogens is 299 g/mol. The lowest BCUT2D eigenvalue weighted by molar-refractivity contribution is 0.100. The Morgan fingerprint density at radius 2 is 2.13 bits per heavy atom. The number of anilines is 3. The quantitative estimate of drug-likeness (QED) is 0.641. The van der Waals surface area contributed by atoms with Gasteiger partial charge in [-0.25, -0.2) is 9.37 Å². The number of nitrogens with zero attached hydrogens (tertiary/aromatic N) is 2. The molecule has 8 heteroatoms. The number of hydrogen-bond acceptors (Lipinski definition) is 6. The fourth-order valence-corrected chi connectivity index (χ4v) is 1.83. The molecule has 23 heavy (non-hydrogen) atoms. The zero-order chi connectivity index (χ0) is 17.0. The van der Waals surface area contributed by atoms with Gasteiger partial charge in [-0.2, -0.15) is 0 Å². The first kappa shape index (κ1) is 16.6. The molecule has 1 unspecified atom stereocenters. The molecule has 0 fully saturated rings. The molecular formula is C15H19FN6O. The van der Waals surface area contributed by atoms with Crippen molar-refractivity contribution < 1.29 is 9.18 Å². The lowest BCUT2D eigenvalue weighted by Gasteiger charge is -2.14. The van der Waals surface area contributed by atoms with Crippen LogP contribution in [-0.2, 0) is 0 Å². The lowest BCUT2D eigenvalue weighted by Crippen LogP contribution is -2.26. The molecule has 2 rings (SSSR count). The third kappa shape index (κ3) is 4.36. The SMILES string of the molecule is Cc1ccc(Nc2nc(NCC(C)N)c(F)cc2C(N)=O)cn1. The number of carbonyl (C=O) groups is 1. The molecule has 0 aliphatic rings. The number of primary amides is 1. The molecule has 1 atom stereocenters. The van der Waals surface area contributed by atoms with Gasteiger partial charge in [-0.05, 0) is 32.0 Å². The maximum atomic E-state index is 14.0. The van der Waals surface area contributed by atoms with Crippen molar-refractivity contribution in [3.63, 3.8) is 0 Å². The summed E-state index contributed by atoms with van der Waals surface area (Å²) in [6, 6.07) is 4.44. The predicted molar refractivity (Wildman–Crippen MR) is 87.1 cm³/mol. The van der Waals surface area contributed by atoms with Gasteiger partial charge in [0.25, 0.3) is 5.91 Å². The Morgan fingerprint density at radius 3 is 2.70 bits per heavy atom. The van der Waals surface area contributed by atoms with Crippen LogP contribution in [0.4, 0.5) is 21.7 Å². The number of nitrogens with one attached hydrogen (secondary N) is 2. The van der Waals surface area contributed by atoms with Gasteiger partial charge in [-0.3, -0.25) is 9.78 Å². The van der Waals surface area contributed by atoms with Crippen molar-refractivity contribution in [3.8, 4) is 0 Å². The smallest absolute Gasteiger partial charge is 0.252 e. The molecule has 2 heterocycles. The molecule has 0 saturated carbocycles. The van der Waals surface area contributed by atoms with Crippen molar-refractivity contribution >= 4 is 23.2 Å². The summed E-state index contributed by atoms with van der Waals surface area (Å²) in [7, 11) is 0. The average molecular weight is 318 g/mol. The molecule has 0 aliphatic carbocycles. The van der Waals surface area contributed by atoms with Crippen molar-refractivity contribution in [1.29, 1.82) is 0 Å². The highest BCUT2D eigenvalue weighted by molar-refractivity contribution is 5.98. The Morgan fingerprint density at radius 1 is 1.39 bits per heavy atom. The van der Waals surface area contributed by atoms with Crippen molar-refractivity contribution in [3.05, 3.63) is 41.5 Å². The summed E-state index contributed by atoms with van der Waals surface area (Å²) < 4.78 is 14.0. The van der Waals surface area contributed by atoms with Crippen LogP contribution in [0.3, 0.4) is 0 Å². The molecule has 6 N–H and O–H groups in total. The Balaban J connectivity index is 2.35. The van der Waals surface area contributed by atoms with Crippen LogP contribution in [0.2, 0.25) is 0 Å². The second-order valence-corrected chi connectivity index (χ2v) is 5.25. The monoisotopic (exact) mass is 318 g/mol. The Hall–Kier alpha value is -2.74. The normalized spacial score (nSPS) is 11.8. The molecule has 2 aromatic rings. The number of aryl methyl sites for hydroxylation is 1. The molecule has 0 aromatic carbocycles. The number of nitrogens with two attached hydrogens (primary N) is 2. The molecule has 2 aromatic heterocycles. The summed E-state index contributed by atoms with van der Waals surface area (Å²) in [5.74, 6) is -1.31. The first-order valence-electron chi connectivity index (χ1n) is 7.06. The second-order valence-electron chi connectivity index (χ2n) is 5.25. The molecule has 7 nitrogen and oxygen atoms in total. The Labute approximate surface area is 133 Å². The van der Waals surface area contributed by atoms with Gasteiger partial charge in [-0.1, -0.05) is 0 Å². The molecule has 0 bridgehead atoms. The van der Waals surface area contributed by atoms with Gasteiger partial charge in [0.05, 0.1) is 17.4 Å². The van der Waals surface area contributed by atoms with Crippen molar-refractivity contribution in [2.75, 3.05) is 17.2 Å². The highest BCUT2D eigenvalue weighted by Gasteiger charge is 2.16. The van der Waals surface area contributed by atoms with Crippen LogP contribution in [0, 0.1) is 12.7 Å². The van der Waals surface area contributed by atoms with Gasteiger partial charge in [0.2, 0.25) is 0 Å². The van der Waals surface area contributed by atoms with Crippen LogP contribution in [0.25, 0.3) is 0 Å². The van der Waals surface area contributed by atoms with E-state index in [1.54, 1.807) is 25.3 Å². The van der Waals surface area contributed by atoms with Crippen LogP contribution in [0.1, 0.15) is 23.0 Å². The minimum absolute atomic E-state index is 0.00475. The number of halogens is 1. The van der Waals surface area contributed by atoms with Crippen LogP contribution in [-0.4, -0.2) is 28.5 Å².